The number of rotatable bonds is 5. The average molecular weight is 241 g/mol. The molecule has 0 saturated carbocycles. The smallest absolute Gasteiger partial charge is 0.238 e. The number of nitrogens with two attached hydrogens (primary N) is 1. The highest BCUT2D eigenvalue weighted by Gasteiger charge is 2.35. The van der Waals surface area contributed by atoms with Crippen LogP contribution in [0.3, 0.4) is 0 Å². The van der Waals surface area contributed by atoms with Gasteiger partial charge in [0.1, 0.15) is 5.54 Å². The number of nitrogens with one attached hydrogen (secondary N) is 1. The van der Waals surface area contributed by atoms with Gasteiger partial charge < -0.3 is 16.0 Å². The maximum Gasteiger partial charge on any atom is 0.238 e. The zero-order valence-corrected chi connectivity index (χ0v) is 11.7. The highest BCUT2D eigenvalue weighted by Crippen LogP contribution is 2.29. The van der Waals surface area contributed by atoms with Gasteiger partial charge in [-0.05, 0) is 38.3 Å². The lowest BCUT2D eigenvalue weighted by Crippen LogP contribution is -2.61. The number of hydrogen-bond acceptors (Lipinski definition) is 3. The summed E-state index contributed by atoms with van der Waals surface area (Å²) < 4.78 is 0. The summed E-state index contributed by atoms with van der Waals surface area (Å²) in [6, 6.07) is 0. The molecular formula is C13H27N3O. The number of likely N-dealkylation sites (N-methyl/N-ethyl adjacent to an activating group) is 1. The molecule has 1 aliphatic heterocycles. The van der Waals surface area contributed by atoms with E-state index < -0.39 is 5.54 Å². The maximum absolute atomic E-state index is 11.6. The second kappa shape index (κ2) is 5.36. The van der Waals surface area contributed by atoms with Gasteiger partial charge in [0.15, 0.2) is 0 Å². The van der Waals surface area contributed by atoms with Gasteiger partial charge in [0.05, 0.1) is 0 Å². The topological polar surface area (TPSA) is 58.4 Å². The van der Waals surface area contributed by atoms with Crippen LogP contribution in [0.5, 0.6) is 0 Å². The van der Waals surface area contributed by atoms with E-state index in [2.05, 4.69) is 24.1 Å². The average Bonchev–Trinajstić information content (AvgIpc) is 2.15. The van der Waals surface area contributed by atoms with E-state index in [1.165, 1.54) is 12.8 Å². The molecule has 1 amide bonds. The third kappa shape index (κ3) is 3.96. The lowest BCUT2D eigenvalue weighted by atomic mass is 9.83. The molecule has 4 nitrogen and oxygen atoms in total. The Balaban J connectivity index is 2.64. The van der Waals surface area contributed by atoms with E-state index in [0.29, 0.717) is 12.0 Å². The van der Waals surface area contributed by atoms with Crippen LogP contribution in [0.25, 0.3) is 0 Å². The van der Waals surface area contributed by atoms with Gasteiger partial charge in [-0.15, -0.1) is 0 Å². The minimum atomic E-state index is -0.609. The molecule has 0 aromatic carbocycles. The molecule has 0 aromatic rings. The molecule has 0 bridgehead atoms. The van der Waals surface area contributed by atoms with E-state index in [-0.39, 0.29) is 5.91 Å². The van der Waals surface area contributed by atoms with E-state index in [1.54, 1.807) is 0 Å². The van der Waals surface area contributed by atoms with Gasteiger partial charge in [-0.2, -0.15) is 0 Å². The minimum absolute atomic E-state index is 0.261. The van der Waals surface area contributed by atoms with E-state index in [4.69, 9.17) is 5.73 Å². The molecule has 1 unspecified atom stereocenters. The molecule has 0 radical (unpaired) electrons. The van der Waals surface area contributed by atoms with Crippen molar-refractivity contribution in [2.45, 2.75) is 46.1 Å². The summed E-state index contributed by atoms with van der Waals surface area (Å²) in [5.74, 6) is -0.261. The molecule has 1 heterocycles. The normalized spacial score (nSPS) is 24.2. The number of primary amides is 1. The summed E-state index contributed by atoms with van der Waals surface area (Å²) in [7, 11) is 0. The molecule has 4 heteroatoms. The van der Waals surface area contributed by atoms with Crippen molar-refractivity contribution >= 4 is 5.91 Å². The van der Waals surface area contributed by atoms with Gasteiger partial charge in [-0.1, -0.05) is 20.8 Å². The van der Waals surface area contributed by atoms with E-state index in [9.17, 15) is 4.79 Å². The Bertz CT molecular complexity index is 278. The molecule has 1 rings (SSSR count). The summed E-state index contributed by atoms with van der Waals surface area (Å²) in [5.41, 5.74) is 5.25. The predicted octanol–water partition coefficient (Wildman–Crippen LogP) is 0.962. The van der Waals surface area contributed by atoms with Gasteiger partial charge in [0.25, 0.3) is 0 Å². The second-order valence-electron chi connectivity index (χ2n) is 6.21. The van der Waals surface area contributed by atoms with Crippen LogP contribution < -0.4 is 11.1 Å². The van der Waals surface area contributed by atoms with Crippen LogP contribution in [-0.4, -0.2) is 42.5 Å². The van der Waals surface area contributed by atoms with Crippen molar-refractivity contribution in [2.24, 2.45) is 11.1 Å². The Kier molecular flexibility index (Phi) is 4.55. The van der Waals surface area contributed by atoms with Crippen LogP contribution in [0.15, 0.2) is 0 Å². The van der Waals surface area contributed by atoms with Crippen LogP contribution in [0, 0.1) is 5.41 Å². The third-order valence-electron chi connectivity index (χ3n) is 3.63. The Morgan fingerprint density at radius 1 is 1.53 bits per heavy atom. The number of nitrogens with zero attached hydrogens (tertiary/aromatic N) is 1. The summed E-state index contributed by atoms with van der Waals surface area (Å²) in [6.07, 6.45) is 2.46. The van der Waals surface area contributed by atoms with Crippen molar-refractivity contribution in [3.05, 3.63) is 0 Å². The van der Waals surface area contributed by atoms with Gasteiger partial charge in [0.2, 0.25) is 5.91 Å². The molecule has 17 heavy (non-hydrogen) atoms. The highest BCUT2D eigenvalue weighted by molar-refractivity contribution is 5.84. The standard InChI is InChI=1S/C13H27N3O/c1-5-15-13(4,11(14)17)10-16-8-6-7-12(2,3)9-16/h15H,5-10H2,1-4H3,(H2,14,17). The number of amides is 1. The fourth-order valence-electron chi connectivity index (χ4n) is 2.74. The molecule has 1 saturated heterocycles. The summed E-state index contributed by atoms with van der Waals surface area (Å²) in [4.78, 5) is 13.9. The number of likely N-dealkylation sites (tertiary alicyclic amines) is 1. The molecular weight excluding hydrogens is 214 g/mol. The number of hydrogen-bond donors (Lipinski definition) is 2. The Morgan fingerprint density at radius 2 is 2.18 bits per heavy atom. The number of piperidine rings is 1. The minimum Gasteiger partial charge on any atom is -0.368 e. The van der Waals surface area contributed by atoms with Gasteiger partial charge in [-0.25, -0.2) is 0 Å². The van der Waals surface area contributed by atoms with Crippen LogP contribution in [0.1, 0.15) is 40.5 Å². The first-order chi connectivity index (χ1) is 7.79. The molecule has 1 fully saturated rings. The highest BCUT2D eigenvalue weighted by atomic mass is 16.1. The number of carbonyl (C=O) groups excluding carboxylic acids is 1. The Hall–Kier alpha value is -0.610. The van der Waals surface area contributed by atoms with Crippen molar-refractivity contribution in [3.63, 3.8) is 0 Å². The SMILES string of the molecule is CCNC(C)(CN1CCCC(C)(C)C1)C(N)=O. The van der Waals surface area contributed by atoms with Crippen molar-refractivity contribution in [1.29, 1.82) is 0 Å². The zero-order valence-electron chi connectivity index (χ0n) is 11.7. The fraction of sp³-hybridized carbons (Fsp3) is 0.923. The lowest BCUT2D eigenvalue weighted by molar-refractivity contribution is -0.125. The predicted molar refractivity (Wildman–Crippen MR) is 70.7 cm³/mol. The molecule has 0 spiro atoms. The van der Waals surface area contributed by atoms with E-state index in [0.717, 1.165) is 19.6 Å². The van der Waals surface area contributed by atoms with E-state index in [1.807, 2.05) is 13.8 Å². The van der Waals surface area contributed by atoms with Crippen molar-refractivity contribution < 1.29 is 4.79 Å². The van der Waals surface area contributed by atoms with Crippen LogP contribution in [0.2, 0.25) is 0 Å². The van der Waals surface area contributed by atoms with Crippen molar-refractivity contribution in [2.75, 3.05) is 26.2 Å². The molecule has 100 valence electrons. The molecule has 1 aliphatic rings. The van der Waals surface area contributed by atoms with Gasteiger partial charge >= 0.3 is 0 Å². The van der Waals surface area contributed by atoms with Gasteiger partial charge in [0, 0.05) is 13.1 Å². The van der Waals surface area contributed by atoms with Crippen LogP contribution in [0.4, 0.5) is 0 Å². The maximum atomic E-state index is 11.6. The largest absolute Gasteiger partial charge is 0.368 e. The van der Waals surface area contributed by atoms with Crippen LogP contribution in [-0.2, 0) is 4.79 Å². The Labute approximate surface area is 105 Å². The fourth-order valence-corrected chi connectivity index (χ4v) is 2.74. The third-order valence-corrected chi connectivity index (χ3v) is 3.63. The molecule has 0 aliphatic carbocycles. The van der Waals surface area contributed by atoms with Crippen molar-refractivity contribution in [1.82, 2.24) is 10.2 Å². The summed E-state index contributed by atoms with van der Waals surface area (Å²) in [6.45, 7) is 12.1. The lowest BCUT2D eigenvalue weighted by Gasteiger charge is -2.41. The first-order valence-corrected chi connectivity index (χ1v) is 6.56. The number of carbonyl (C=O) groups is 1. The first kappa shape index (κ1) is 14.5. The summed E-state index contributed by atoms with van der Waals surface area (Å²) in [5, 5.41) is 3.22. The zero-order chi connectivity index (χ0) is 13.1. The van der Waals surface area contributed by atoms with Crippen molar-refractivity contribution in [3.8, 4) is 0 Å². The molecule has 3 N–H and O–H groups in total. The molecule has 1 atom stereocenters. The van der Waals surface area contributed by atoms with Crippen LogP contribution >= 0.6 is 0 Å². The summed E-state index contributed by atoms with van der Waals surface area (Å²) >= 11 is 0. The van der Waals surface area contributed by atoms with Gasteiger partial charge in [-0.3, -0.25) is 4.79 Å². The quantitative estimate of drug-likeness (QED) is 0.754. The van der Waals surface area contributed by atoms with E-state index >= 15 is 0 Å². The second-order valence-corrected chi connectivity index (χ2v) is 6.21. The first-order valence-electron chi connectivity index (χ1n) is 6.56. The molecule has 0 aromatic heterocycles. The monoisotopic (exact) mass is 241 g/mol. The Morgan fingerprint density at radius 3 is 2.65 bits per heavy atom.